The van der Waals surface area contributed by atoms with Crippen molar-refractivity contribution >= 4 is 46.6 Å². The molecule has 0 aliphatic carbocycles. The number of nitrogen functional groups attached to an aromatic ring is 1. The van der Waals surface area contributed by atoms with Crippen LogP contribution in [0.15, 0.2) is 110 Å². The Morgan fingerprint density at radius 2 is 1.39 bits per heavy atom. The van der Waals surface area contributed by atoms with Gasteiger partial charge < -0.3 is 15.4 Å². The molecular formula is C36H30Cl2F6N2O3. The van der Waals surface area contributed by atoms with Crippen LogP contribution in [0.1, 0.15) is 35.3 Å². The minimum atomic E-state index is -1.18. The Balaban J connectivity index is 0.000000265. The average molecular weight is 724 g/mol. The predicted molar refractivity (Wildman–Crippen MR) is 180 cm³/mol. The maximum Gasteiger partial charge on any atom is 0.159 e. The van der Waals surface area contributed by atoms with Crippen molar-refractivity contribution in [1.82, 2.24) is 0 Å². The van der Waals surface area contributed by atoms with Crippen LogP contribution in [0.4, 0.5) is 37.7 Å². The lowest BCUT2D eigenvalue weighted by Gasteiger charge is -2.34. The van der Waals surface area contributed by atoms with Crippen molar-refractivity contribution in [2.24, 2.45) is 0 Å². The van der Waals surface area contributed by atoms with Crippen LogP contribution >= 0.6 is 23.2 Å². The number of carbonyl (C=O) groups is 2. The number of aldehydes is 1. The van der Waals surface area contributed by atoms with Crippen LogP contribution in [0.5, 0.6) is 0 Å². The number of benzene rings is 4. The lowest BCUT2D eigenvalue weighted by atomic mass is 9.95. The van der Waals surface area contributed by atoms with E-state index in [1.54, 1.807) is 55.8 Å². The number of carbonyl (C=O) groups excluding carboxylic acids is 2. The Bertz CT molecular complexity index is 1770. The summed E-state index contributed by atoms with van der Waals surface area (Å²) in [6, 6.07) is 15.1. The number of hydrogen-bond acceptors (Lipinski definition) is 5. The summed E-state index contributed by atoms with van der Waals surface area (Å²) in [4.78, 5) is 23.2. The molecule has 49 heavy (non-hydrogen) atoms. The molecule has 5 nitrogen and oxygen atoms in total. The fourth-order valence-corrected chi connectivity index (χ4v) is 4.34. The van der Waals surface area contributed by atoms with Gasteiger partial charge in [-0.1, -0.05) is 59.6 Å². The third-order valence-corrected chi connectivity index (χ3v) is 6.88. The molecule has 0 bridgehead atoms. The Labute approximate surface area is 289 Å². The number of nitrogens with two attached hydrogens (primary N) is 1. The molecule has 0 saturated heterocycles. The van der Waals surface area contributed by atoms with Gasteiger partial charge in [-0.05, 0) is 43.3 Å². The summed E-state index contributed by atoms with van der Waals surface area (Å²) in [7, 11) is 1.61. The van der Waals surface area contributed by atoms with Crippen molar-refractivity contribution in [2.45, 2.75) is 19.4 Å². The van der Waals surface area contributed by atoms with E-state index in [1.807, 2.05) is 19.1 Å². The molecule has 0 amide bonds. The quantitative estimate of drug-likeness (QED) is 0.0730. The zero-order valence-electron chi connectivity index (χ0n) is 26.1. The van der Waals surface area contributed by atoms with E-state index in [4.69, 9.17) is 28.9 Å². The third kappa shape index (κ3) is 12.5. The first kappa shape index (κ1) is 40.2. The molecule has 0 aromatic heterocycles. The van der Waals surface area contributed by atoms with Crippen molar-refractivity contribution < 1.29 is 40.7 Å². The van der Waals surface area contributed by atoms with E-state index >= 15 is 0 Å². The fraction of sp³-hybridized carbons (Fsp3) is 0.111. The lowest BCUT2D eigenvalue weighted by molar-refractivity contribution is -0.115. The number of methoxy groups -OCH3 is 1. The lowest BCUT2D eigenvalue weighted by Crippen LogP contribution is -2.30. The molecule has 1 aliphatic rings. The number of ether oxygens (including phenoxy) is 1. The van der Waals surface area contributed by atoms with Gasteiger partial charge in [0.15, 0.2) is 12.1 Å². The van der Waals surface area contributed by atoms with Gasteiger partial charge in [-0.3, -0.25) is 9.59 Å². The second kappa shape index (κ2) is 19.7. The van der Waals surface area contributed by atoms with Crippen molar-refractivity contribution in [2.75, 3.05) is 17.7 Å². The Kier molecular flexibility index (Phi) is 16.2. The normalized spacial score (nSPS) is 13.3. The number of halogens is 8. The van der Waals surface area contributed by atoms with Crippen LogP contribution in [0.2, 0.25) is 10.0 Å². The van der Waals surface area contributed by atoms with E-state index in [0.717, 1.165) is 5.57 Å². The van der Waals surface area contributed by atoms with Gasteiger partial charge >= 0.3 is 0 Å². The van der Waals surface area contributed by atoms with E-state index < -0.39 is 46.5 Å². The molecule has 0 saturated carbocycles. The largest absolute Gasteiger partial charge is 0.504 e. The molecule has 2 N–H and O–H groups in total. The molecule has 258 valence electrons. The number of anilines is 2. The predicted octanol–water partition coefficient (Wildman–Crippen LogP) is 10.4. The zero-order chi connectivity index (χ0) is 36.7. The number of rotatable bonds is 5. The van der Waals surface area contributed by atoms with E-state index in [0.29, 0.717) is 45.7 Å². The highest BCUT2D eigenvalue weighted by molar-refractivity contribution is 6.33. The summed E-state index contributed by atoms with van der Waals surface area (Å²) in [5.41, 5.74) is 6.43. The maximum absolute atomic E-state index is 14.1. The highest BCUT2D eigenvalue weighted by Crippen LogP contribution is 2.38. The molecular weight excluding hydrogens is 693 g/mol. The Hall–Kier alpha value is -5.00. The number of hydrogen-bond donors (Lipinski definition) is 1. The highest BCUT2D eigenvalue weighted by Gasteiger charge is 2.31. The molecule has 0 fully saturated rings. The van der Waals surface area contributed by atoms with Gasteiger partial charge in [-0.2, -0.15) is 0 Å². The van der Waals surface area contributed by atoms with Crippen LogP contribution in [0.3, 0.4) is 0 Å². The number of allylic oxidation sites excluding steroid dienone is 3. The monoisotopic (exact) mass is 722 g/mol. The van der Waals surface area contributed by atoms with Crippen LogP contribution < -0.4 is 10.6 Å². The Morgan fingerprint density at radius 1 is 0.878 bits per heavy atom. The first-order valence-electron chi connectivity index (χ1n) is 14.0. The zero-order valence-corrected chi connectivity index (χ0v) is 27.6. The fourth-order valence-electron chi connectivity index (χ4n) is 3.97. The highest BCUT2D eigenvalue weighted by atomic mass is 35.5. The van der Waals surface area contributed by atoms with Crippen LogP contribution in [0, 0.1) is 34.9 Å². The molecule has 1 heterocycles. The molecule has 1 unspecified atom stereocenters. The van der Waals surface area contributed by atoms with Gasteiger partial charge in [0.25, 0.3) is 0 Å². The molecule has 4 aromatic carbocycles. The van der Waals surface area contributed by atoms with Gasteiger partial charge in [-0.15, -0.1) is 0 Å². The molecule has 0 radical (unpaired) electrons. The van der Waals surface area contributed by atoms with Crippen LogP contribution in [-0.4, -0.2) is 19.2 Å². The summed E-state index contributed by atoms with van der Waals surface area (Å²) in [5, 5.41) is 0.993. The summed E-state index contributed by atoms with van der Waals surface area (Å²) in [6.07, 6.45) is 6.02. The van der Waals surface area contributed by atoms with Gasteiger partial charge in [0, 0.05) is 42.4 Å². The van der Waals surface area contributed by atoms with E-state index in [1.165, 1.54) is 17.2 Å². The molecule has 13 heteroatoms. The molecule has 1 aliphatic heterocycles. The van der Waals surface area contributed by atoms with Crippen LogP contribution in [-0.2, 0) is 9.53 Å². The number of nitrogens with zero attached hydrogens (tertiary/aromatic N) is 1. The summed E-state index contributed by atoms with van der Waals surface area (Å²) < 4.78 is 83.0. The first-order chi connectivity index (χ1) is 23.2. The molecule has 5 rings (SSSR count). The van der Waals surface area contributed by atoms with Crippen molar-refractivity contribution in [3.8, 4) is 0 Å². The summed E-state index contributed by atoms with van der Waals surface area (Å²) in [5.74, 6) is -6.76. The second-order valence-corrected chi connectivity index (χ2v) is 10.8. The van der Waals surface area contributed by atoms with Crippen molar-refractivity contribution in [3.63, 3.8) is 0 Å². The topological polar surface area (TPSA) is 72.6 Å². The minimum Gasteiger partial charge on any atom is -0.504 e. The maximum atomic E-state index is 14.1. The molecule has 0 spiro atoms. The smallest absolute Gasteiger partial charge is 0.159 e. The van der Waals surface area contributed by atoms with Gasteiger partial charge in [-0.25, -0.2) is 26.3 Å². The second-order valence-electron chi connectivity index (χ2n) is 9.95. The van der Waals surface area contributed by atoms with Crippen molar-refractivity contribution in [1.29, 1.82) is 0 Å². The SMILES string of the molecule is C=C(C)/C=C/OC.Nc1ccccc1Cl.O=C1C=CN(c2ccccc2Cl)C(c2c(F)cc(F)cc2F)C1.O=Cc1c(F)cc(F)cc1F. The van der Waals surface area contributed by atoms with E-state index in [9.17, 15) is 35.9 Å². The summed E-state index contributed by atoms with van der Waals surface area (Å²) in [6.45, 7) is 5.54. The third-order valence-electron chi connectivity index (χ3n) is 6.21. The number of ketones is 1. The van der Waals surface area contributed by atoms with Gasteiger partial charge in [0.05, 0.1) is 46.4 Å². The van der Waals surface area contributed by atoms with E-state index in [-0.39, 0.29) is 24.1 Å². The van der Waals surface area contributed by atoms with Gasteiger partial charge in [0.1, 0.15) is 34.9 Å². The minimum absolute atomic E-state index is 0.00407. The first-order valence-corrected chi connectivity index (χ1v) is 14.8. The molecule has 4 aromatic rings. The molecule has 1 atom stereocenters. The standard InChI is InChI=1S/C17H11ClF3NO.C7H3F3O.C6H6ClN.C6H10O/c18-12-3-1-2-4-15(12)22-6-5-11(23)9-16(22)17-13(20)7-10(19)8-14(17)21;8-4-1-6(9)5(3-11)7(10)2-4;7-5-3-1-2-4-6(5)8;1-6(2)4-5-7-3/h1-8,16H,9H2;1-3H;1-4H,8H2;4-5H,1H2,2-3H3/b;;;5-4+. The summed E-state index contributed by atoms with van der Waals surface area (Å²) >= 11 is 11.7. The average Bonchev–Trinajstić information content (AvgIpc) is 3.02. The Morgan fingerprint density at radius 3 is 1.82 bits per heavy atom. The van der Waals surface area contributed by atoms with Gasteiger partial charge in [0.2, 0.25) is 0 Å². The number of para-hydroxylation sites is 2. The van der Waals surface area contributed by atoms with Crippen LogP contribution in [0.25, 0.3) is 0 Å². The van der Waals surface area contributed by atoms with Crippen molar-refractivity contribution in [3.05, 3.63) is 166 Å². The van der Waals surface area contributed by atoms with E-state index in [2.05, 4.69) is 11.3 Å².